The van der Waals surface area contributed by atoms with Crippen LogP contribution in [-0.4, -0.2) is 21.4 Å². The molecule has 3 rings (SSSR count). The van der Waals surface area contributed by atoms with Gasteiger partial charge < -0.3 is 9.67 Å². The lowest BCUT2D eigenvalue weighted by Gasteiger charge is -2.05. The molecule has 0 fully saturated rings. The van der Waals surface area contributed by atoms with E-state index in [4.69, 9.17) is 5.11 Å². The van der Waals surface area contributed by atoms with Crippen LogP contribution in [0.2, 0.25) is 0 Å². The van der Waals surface area contributed by atoms with Crippen molar-refractivity contribution in [2.45, 2.75) is 0 Å². The maximum absolute atomic E-state index is 12.6. The molecular weight excluding hydrogens is 302 g/mol. The van der Waals surface area contributed by atoms with Crippen LogP contribution in [0.1, 0.15) is 21.6 Å². The van der Waals surface area contributed by atoms with Gasteiger partial charge in [0.25, 0.3) is 0 Å². The molecule has 0 amide bonds. The highest BCUT2D eigenvalue weighted by Gasteiger charge is 2.14. The molecule has 3 aromatic rings. The van der Waals surface area contributed by atoms with Crippen molar-refractivity contribution in [2.24, 2.45) is 0 Å². The summed E-state index contributed by atoms with van der Waals surface area (Å²) in [5, 5.41) is 8.87. The van der Waals surface area contributed by atoms with E-state index < -0.39 is 5.97 Å². The van der Waals surface area contributed by atoms with Crippen molar-refractivity contribution in [2.75, 3.05) is 0 Å². The first-order valence-corrected chi connectivity index (χ1v) is 7.44. The predicted molar refractivity (Wildman–Crippen MR) is 92.3 cm³/mol. The maximum Gasteiger partial charge on any atom is 0.328 e. The van der Waals surface area contributed by atoms with E-state index in [1.165, 1.54) is 6.08 Å². The molecule has 1 N–H and O–H groups in total. The molecule has 0 bridgehead atoms. The predicted octanol–water partition coefficient (Wildman–Crippen LogP) is 3.81. The van der Waals surface area contributed by atoms with Crippen molar-refractivity contribution in [3.63, 3.8) is 0 Å². The summed E-state index contributed by atoms with van der Waals surface area (Å²) in [7, 11) is 0. The van der Waals surface area contributed by atoms with Gasteiger partial charge in [-0.2, -0.15) is 0 Å². The van der Waals surface area contributed by atoms with Gasteiger partial charge in [-0.3, -0.25) is 4.79 Å². The summed E-state index contributed by atoms with van der Waals surface area (Å²) >= 11 is 0. The Labute approximate surface area is 139 Å². The van der Waals surface area contributed by atoms with Crippen LogP contribution in [0.4, 0.5) is 0 Å². The second kappa shape index (κ2) is 6.79. The molecule has 4 heteroatoms. The number of carbonyl (C=O) groups excluding carboxylic acids is 1. The molecule has 0 saturated heterocycles. The van der Waals surface area contributed by atoms with Gasteiger partial charge in [-0.15, -0.1) is 0 Å². The molecule has 4 nitrogen and oxygen atoms in total. The van der Waals surface area contributed by atoms with Crippen molar-refractivity contribution < 1.29 is 14.7 Å². The first-order valence-electron chi connectivity index (χ1n) is 7.44. The second-order valence-electron chi connectivity index (χ2n) is 5.23. The Balaban J connectivity index is 2.06. The van der Waals surface area contributed by atoms with Crippen LogP contribution < -0.4 is 0 Å². The average Bonchev–Trinajstić information content (AvgIpc) is 3.05. The number of nitrogens with zero attached hydrogens (tertiary/aromatic N) is 1. The second-order valence-corrected chi connectivity index (χ2v) is 5.23. The van der Waals surface area contributed by atoms with E-state index in [-0.39, 0.29) is 5.78 Å². The number of hydrogen-bond acceptors (Lipinski definition) is 2. The zero-order valence-corrected chi connectivity index (χ0v) is 12.8. The quantitative estimate of drug-likeness (QED) is 0.575. The Hall–Kier alpha value is -3.40. The standard InChI is InChI=1S/C20H15NO3/c22-19(23)12-11-18-13-16(20(24)15-7-3-1-4-8-15)14-21(18)17-9-5-2-6-10-17/h1-14H,(H,22,23)/b12-11+. The summed E-state index contributed by atoms with van der Waals surface area (Å²) < 4.78 is 1.80. The number of para-hydroxylation sites is 1. The smallest absolute Gasteiger partial charge is 0.328 e. The minimum Gasteiger partial charge on any atom is -0.478 e. The van der Waals surface area contributed by atoms with Crippen LogP contribution in [-0.2, 0) is 4.79 Å². The molecule has 0 spiro atoms. The number of carboxylic acids is 1. The third-order valence-corrected chi connectivity index (χ3v) is 3.58. The van der Waals surface area contributed by atoms with Gasteiger partial charge in [-0.25, -0.2) is 4.79 Å². The van der Waals surface area contributed by atoms with Crippen molar-refractivity contribution in [3.8, 4) is 5.69 Å². The monoisotopic (exact) mass is 317 g/mol. The molecule has 0 saturated carbocycles. The molecule has 0 aliphatic carbocycles. The normalized spacial score (nSPS) is 10.8. The van der Waals surface area contributed by atoms with Crippen LogP contribution in [0.5, 0.6) is 0 Å². The Morgan fingerprint density at radius 2 is 1.50 bits per heavy atom. The van der Waals surface area contributed by atoms with E-state index in [1.54, 1.807) is 29.0 Å². The lowest BCUT2D eigenvalue weighted by Crippen LogP contribution is -1.99. The minimum atomic E-state index is -1.04. The molecule has 0 atom stereocenters. The van der Waals surface area contributed by atoms with Crippen molar-refractivity contribution in [3.05, 3.63) is 95.8 Å². The van der Waals surface area contributed by atoms with Crippen molar-refractivity contribution >= 4 is 17.8 Å². The fraction of sp³-hybridized carbons (Fsp3) is 0. The van der Waals surface area contributed by atoms with Gasteiger partial charge >= 0.3 is 5.97 Å². The van der Waals surface area contributed by atoms with Crippen LogP contribution in [0.3, 0.4) is 0 Å². The van der Waals surface area contributed by atoms with Crippen LogP contribution in [0.25, 0.3) is 11.8 Å². The zero-order valence-electron chi connectivity index (χ0n) is 12.8. The maximum atomic E-state index is 12.6. The number of rotatable bonds is 5. The minimum absolute atomic E-state index is 0.102. The van der Waals surface area contributed by atoms with Crippen LogP contribution in [0.15, 0.2) is 79.0 Å². The van der Waals surface area contributed by atoms with Gasteiger partial charge in [-0.05, 0) is 24.3 Å². The van der Waals surface area contributed by atoms with E-state index in [0.29, 0.717) is 16.8 Å². The molecule has 0 aliphatic heterocycles. The molecule has 0 aliphatic rings. The molecule has 24 heavy (non-hydrogen) atoms. The fourth-order valence-electron chi connectivity index (χ4n) is 2.46. The average molecular weight is 317 g/mol. The molecule has 0 radical (unpaired) electrons. The first kappa shape index (κ1) is 15.5. The first-order chi connectivity index (χ1) is 11.6. The van der Waals surface area contributed by atoms with E-state index >= 15 is 0 Å². The van der Waals surface area contributed by atoms with E-state index in [1.807, 2.05) is 48.5 Å². The van der Waals surface area contributed by atoms with Gasteiger partial charge in [-0.1, -0.05) is 48.5 Å². The molecular formula is C20H15NO3. The third kappa shape index (κ3) is 3.33. The Kier molecular flexibility index (Phi) is 4.38. The Bertz CT molecular complexity index is 893. The third-order valence-electron chi connectivity index (χ3n) is 3.58. The van der Waals surface area contributed by atoms with Gasteiger partial charge in [0.1, 0.15) is 0 Å². The Morgan fingerprint density at radius 1 is 0.875 bits per heavy atom. The van der Waals surface area contributed by atoms with Crippen LogP contribution in [0, 0.1) is 0 Å². The van der Waals surface area contributed by atoms with Gasteiger partial charge in [0.05, 0.1) is 0 Å². The number of hydrogen-bond donors (Lipinski definition) is 1. The Morgan fingerprint density at radius 3 is 2.12 bits per heavy atom. The summed E-state index contributed by atoms with van der Waals surface area (Å²) in [6, 6.07) is 20.2. The van der Waals surface area contributed by atoms with E-state index in [9.17, 15) is 9.59 Å². The summed E-state index contributed by atoms with van der Waals surface area (Å²) in [5.74, 6) is -1.14. The fourth-order valence-corrected chi connectivity index (χ4v) is 2.46. The highest BCUT2D eigenvalue weighted by molar-refractivity contribution is 6.09. The highest BCUT2D eigenvalue weighted by atomic mass is 16.4. The number of aromatic nitrogens is 1. The van der Waals surface area contributed by atoms with Crippen molar-refractivity contribution in [1.82, 2.24) is 4.57 Å². The SMILES string of the molecule is O=C(O)/C=C/c1cc(C(=O)c2ccccc2)cn1-c1ccccc1. The molecule has 2 aromatic carbocycles. The molecule has 118 valence electrons. The van der Waals surface area contributed by atoms with Gasteiger partial charge in [0.2, 0.25) is 0 Å². The summed E-state index contributed by atoms with van der Waals surface area (Å²) in [5.41, 5.74) is 2.59. The number of ketones is 1. The number of benzene rings is 2. The van der Waals surface area contributed by atoms with Gasteiger partial charge in [0.15, 0.2) is 5.78 Å². The summed E-state index contributed by atoms with van der Waals surface area (Å²) in [6.07, 6.45) is 4.27. The van der Waals surface area contributed by atoms with Crippen molar-refractivity contribution in [1.29, 1.82) is 0 Å². The van der Waals surface area contributed by atoms with E-state index in [0.717, 1.165) is 11.8 Å². The lowest BCUT2D eigenvalue weighted by molar-refractivity contribution is -0.131. The molecule has 0 unspecified atom stereocenters. The molecule has 1 aromatic heterocycles. The highest BCUT2D eigenvalue weighted by Crippen LogP contribution is 2.20. The number of carbonyl (C=O) groups is 2. The summed E-state index contributed by atoms with van der Waals surface area (Å²) in [6.45, 7) is 0. The molecule has 1 heterocycles. The topological polar surface area (TPSA) is 59.3 Å². The number of aliphatic carboxylic acids is 1. The number of carboxylic acid groups (broad SMARTS) is 1. The lowest BCUT2D eigenvalue weighted by atomic mass is 10.1. The zero-order chi connectivity index (χ0) is 16.9. The van der Waals surface area contributed by atoms with E-state index in [2.05, 4.69) is 0 Å². The largest absolute Gasteiger partial charge is 0.478 e. The van der Waals surface area contributed by atoms with Crippen LogP contribution >= 0.6 is 0 Å². The summed E-state index contributed by atoms with van der Waals surface area (Å²) in [4.78, 5) is 23.4. The van der Waals surface area contributed by atoms with Gasteiger partial charge in [0, 0.05) is 34.8 Å².